The van der Waals surface area contributed by atoms with E-state index in [1.54, 1.807) is 0 Å². The smallest absolute Gasteiger partial charge is 0.195 e. The van der Waals surface area contributed by atoms with Crippen LogP contribution in [0, 0.1) is 12.3 Å². The number of carbonyl (C=O) groups excluding carboxylic acids is 1. The maximum Gasteiger partial charge on any atom is 0.195 e. The maximum atomic E-state index is 14.3. The van der Waals surface area contributed by atoms with E-state index >= 15 is 0 Å². The fourth-order valence-corrected chi connectivity index (χ4v) is 9.98. The number of anilines is 3. The molecule has 2 aliphatic carbocycles. The van der Waals surface area contributed by atoms with Gasteiger partial charge in [0.25, 0.3) is 0 Å². The Morgan fingerprint density at radius 1 is 0.534 bits per heavy atom. The monoisotopic (exact) mass is 754 g/mol. The van der Waals surface area contributed by atoms with Gasteiger partial charge in [-0.15, -0.1) is 0 Å². The van der Waals surface area contributed by atoms with Crippen molar-refractivity contribution in [3.8, 4) is 44.9 Å². The van der Waals surface area contributed by atoms with Crippen LogP contribution in [0.1, 0.15) is 96.1 Å². The molecule has 1 heterocycles. The summed E-state index contributed by atoms with van der Waals surface area (Å²) in [5, 5.41) is 9.21. The first kappa shape index (κ1) is 35.9. The Hall–Kier alpha value is -6.52. The molecule has 0 saturated heterocycles. The SMILES string of the molecule is CCCCC1(CCCC)c2ccc(-c3ccccc3N3c4ccccc4Oc4ccccc43)cc2-c2cc(-c3cc(C)cc4c3C(=O)c3ccccc3C4=N)ccc21. The summed E-state index contributed by atoms with van der Waals surface area (Å²) in [4.78, 5) is 16.7. The summed E-state index contributed by atoms with van der Waals surface area (Å²) in [7, 11) is 0. The van der Waals surface area contributed by atoms with Crippen LogP contribution in [-0.4, -0.2) is 11.5 Å². The molecule has 4 heteroatoms. The molecule has 0 unspecified atom stereocenters. The topological polar surface area (TPSA) is 53.4 Å². The molecule has 58 heavy (non-hydrogen) atoms. The van der Waals surface area contributed by atoms with Crippen LogP contribution in [0.15, 0.2) is 146 Å². The number of unbranched alkanes of at least 4 members (excludes halogenated alkanes) is 2. The fraction of sp³-hybridized carbons (Fsp3) is 0.185. The molecule has 0 saturated carbocycles. The van der Waals surface area contributed by atoms with Crippen LogP contribution in [0.2, 0.25) is 0 Å². The number of hydrogen-bond donors (Lipinski definition) is 1. The number of para-hydroxylation sites is 5. The highest BCUT2D eigenvalue weighted by molar-refractivity contribution is 6.31. The second kappa shape index (κ2) is 14.1. The molecule has 4 nitrogen and oxygen atoms in total. The zero-order chi connectivity index (χ0) is 39.5. The van der Waals surface area contributed by atoms with Gasteiger partial charge in [-0.1, -0.05) is 137 Å². The van der Waals surface area contributed by atoms with Gasteiger partial charge in [-0.2, -0.15) is 0 Å². The second-order valence-corrected chi connectivity index (χ2v) is 16.2. The number of fused-ring (bicyclic) bond motifs is 7. The van der Waals surface area contributed by atoms with E-state index in [-0.39, 0.29) is 11.2 Å². The number of nitrogens with one attached hydrogen (secondary N) is 1. The van der Waals surface area contributed by atoms with E-state index in [1.165, 1.54) is 22.3 Å². The minimum Gasteiger partial charge on any atom is -0.453 e. The molecule has 0 radical (unpaired) electrons. The third-order valence-electron chi connectivity index (χ3n) is 12.7. The Morgan fingerprint density at radius 2 is 1.03 bits per heavy atom. The molecule has 0 atom stereocenters. The van der Waals surface area contributed by atoms with E-state index in [4.69, 9.17) is 4.74 Å². The van der Waals surface area contributed by atoms with E-state index in [0.29, 0.717) is 28.0 Å². The lowest BCUT2D eigenvalue weighted by Crippen LogP contribution is -2.25. The third kappa shape index (κ3) is 5.49. The number of ether oxygens (including phenoxy) is 1. The Bertz CT molecular complexity index is 2760. The summed E-state index contributed by atoms with van der Waals surface area (Å²) < 4.78 is 6.41. The van der Waals surface area contributed by atoms with Crippen molar-refractivity contribution >= 4 is 28.6 Å². The molecule has 0 aromatic heterocycles. The number of nitrogens with zero attached hydrogens (tertiary/aromatic N) is 1. The Labute approximate surface area is 341 Å². The molecule has 7 aromatic rings. The summed E-state index contributed by atoms with van der Waals surface area (Å²) in [6.45, 7) is 6.66. The van der Waals surface area contributed by atoms with Crippen molar-refractivity contribution in [3.05, 3.63) is 185 Å². The summed E-state index contributed by atoms with van der Waals surface area (Å²) in [5.41, 5.74) is 16.6. The predicted octanol–water partition coefficient (Wildman–Crippen LogP) is 14.5. The number of carbonyl (C=O) groups is 1. The summed E-state index contributed by atoms with van der Waals surface area (Å²) in [6.07, 6.45) is 6.74. The molecule has 1 N–H and O–H groups in total. The Balaban J connectivity index is 1.17. The van der Waals surface area contributed by atoms with Gasteiger partial charge in [0.15, 0.2) is 17.3 Å². The van der Waals surface area contributed by atoms with Gasteiger partial charge in [-0.3, -0.25) is 10.2 Å². The number of rotatable bonds is 9. The summed E-state index contributed by atoms with van der Waals surface area (Å²) >= 11 is 0. The van der Waals surface area contributed by atoms with Gasteiger partial charge in [0.05, 0.1) is 22.8 Å². The molecule has 0 spiro atoms. The maximum absolute atomic E-state index is 14.3. The highest BCUT2D eigenvalue weighted by Gasteiger charge is 2.43. The molecule has 0 fully saturated rings. The van der Waals surface area contributed by atoms with E-state index in [9.17, 15) is 10.2 Å². The van der Waals surface area contributed by atoms with Crippen molar-refractivity contribution in [2.75, 3.05) is 4.90 Å². The quantitative estimate of drug-likeness (QED) is 0.160. The van der Waals surface area contributed by atoms with Gasteiger partial charge in [-0.05, 0) is 113 Å². The number of aryl methyl sites for hydroxylation is 1. The largest absolute Gasteiger partial charge is 0.453 e. The zero-order valence-corrected chi connectivity index (χ0v) is 33.4. The van der Waals surface area contributed by atoms with Crippen LogP contribution in [0.5, 0.6) is 11.5 Å². The average molecular weight is 755 g/mol. The summed E-state index contributed by atoms with van der Waals surface area (Å²) in [6, 6.07) is 51.1. The molecule has 10 rings (SSSR count). The molecule has 7 aromatic carbocycles. The van der Waals surface area contributed by atoms with Crippen molar-refractivity contribution in [2.45, 2.75) is 64.7 Å². The molecule has 3 aliphatic rings. The summed E-state index contributed by atoms with van der Waals surface area (Å²) in [5.74, 6) is 1.65. The van der Waals surface area contributed by atoms with E-state index in [2.05, 4.69) is 117 Å². The first-order chi connectivity index (χ1) is 28.4. The first-order valence-electron chi connectivity index (χ1n) is 20.8. The average Bonchev–Trinajstić information content (AvgIpc) is 3.53. The van der Waals surface area contributed by atoms with Gasteiger partial charge in [-0.25, -0.2) is 0 Å². The number of hydrogen-bond acceptors (Lipinski definition) is 4. The Morgan fingerprint density at radius 3 is 1.64 bits per heavy atom. The Kier molecular flexibility index (Phi) is 8.75. The van der Waals surface area contributed by atoms with E-state index in [0.717, 1.165) is 94.9 Å². The van der Waals surface area contributed by atoms with Crippen molar-refractivity contribution in [1.82, 2.24) is 0 Å². The molecule has 1 aliphatic heterocycles. The minimum absolute atomic E-state index is 0.0112. The van der Waals surface area contributed by atoms with Gasteiger partial charge in [0.2, 0.25) is 0 Å². The predicted molar refractivity (Wildman–Crippen MR) is 238 cm³/mol. The van der Waals surface area contributed by atoms with Crippen LogP contribution >= 0.6 is 0 Å². The van der Waals surface area contributed by atoms with Crippen LogP contribution in [0.4, 0.5) is 17.1 Å². The fourth-order valence-electron chi connectivity index (χ4n) is 9.98. The lowest BCUT2D eigenvalue weighted by molar-refractivity contribution is 0.103. The molecule has 0 bridgehead atoms. The van der Waals surface area contributed by atoms with Gasteiger partial charge >= 0.3 is 0 Å². The highest BCUT2D eigenvalue weighted by Crippen LogP contribution is 2.57. The van der Waals surface area contributed by atoms with Crippen molar-refractivity contribution in [2.24, 2.45) is 0 Å². The van der Waals surface area contributed by atoms with E-state index in [1.807, 2.05) is 54.6 Å². The highest BCUT2D eigenvalue weighted by atomic mass is 16.5. The lowest BCUT2D eigenvalue weighted by atomic mass is 9.70. The van der Waals surface area contributed by atoms with Crippen molar-refractivity contribution < 1.29 is 9.53 Å². The molecular formula is C54H46N2O2. The van der Waals surface area contributed by atoms with E-state index < -0.39 is 0 Å². The van der Waals surface area contributed by atoms with Crippen LogP contribution < -0.4 is 9.64 Å². The van der Waals surface area contributed by atoms with Crippen molar-refractivity contribution in [3.63, 3.8) is 0 Å². The molecule has 0 amide bonds. The third-order valence-corrected chi connectivity index (χ3v) is 12.7. The number of benzene rings is 7. The second-order valence-electron chi connectivity index (χ2n) is 16.2. The number of ketones is 1. The zero-order valence-electron chi connectivity index (χ0n) is 33.4. The van der Waals surface area contributed by atoms with Gasteiger partial charge in [0.1, 0.15) is 0 Å². The van der Waals surface area contributed by atoms with Crippen LogP contribution in [0.25, 0.3) is 33.4 Å². The normalized spacial score (nSPS) is 14.2. The standard InChI is InChI=1S/C54H46N2O2/c1-4-6-28-54(29-7-5-2)44-26-24-35(37-16-10-11-19-46(37)56-47-20-12-14-22-49(47)58-50-23-15-13-21-48(50)56)32-41(44)42-33-36(25-27-45(42)54)40-30-34(3)31-43-51(40)53(57)39-18-9-8-17-38(39)52(43)55/h8-27,30-33,55H,4-7,28-29H2,1-3H3. The van der Waals surface area contributed by atoms with Gasteiger partial charge < -0.3 is 9.64 Å². The van der Waals surface area contributed by atoms with Crippen molar-refractivity contribution in [1.29, 1.82) is 5.41 Å². The first-order valence-corrected chi connectivity index (χ1v) is 20.8. The molecule has 284 valence electrons. The lowest BCUT2D eigenvalue weighted by Gasteiger charge is -2.34. The van der Waals surface area contributed by atoms with Gasteiger partial charge in [0, 0.05) is 33.2 Å². The van der Waals surface area contributed by atoms with Crippen LogP contribution in [-0.2, 0) is 5.41 Å². The minimum atomic E-state index is -0.0989. The van der Waals surface area contributed by atoms with Crippen LogP contribution in [0.3, 0.4) is 0 Å². The molecular weight excluding hydrogens is 709 g/mol.